The molecule has 2 aromatic carbocycles. The van der Waals surface area contributed by atoms with E-state index in [4.69, 9.17) is 5.11 Å². The van der Waals surface area contributed by atoms with Gasteiger partial charge in [0.15, 0.2) is 0 Å². The van der Waals surface area contributed by atoms with Gasteiger partial charge in [0.25, 0.3) is 0 Å². The maximum Gasteiger partial charge on any atom is 0.335 e. The number of anilines is 1. The smallest absolute Gasteiger partial charge is 0.335 e. The molecule has 0 saturated heterocycles. The van der Waals surface area contributed by atoms with Gasteiger partial charge in [0.2, 0.25) is 0 Å². The van der Waals surface area contributed by atoms with E-state index in [1.807, 2.05) is 12.1 Å². The number of aromatic carboxylic acids is 1. The number of carboxylic acids is 1. The third kappa shape index (κ3) is 2.38. The number of para-hydroxylation sites is 1. The Bertz CT molecular complexity index is 798. The van der Waals surface area contributed by atoms with Crippen molar-refractivity contribution in [1.82, 2.24) is 0 Å². The van der Waals surface area contributed by atoms with Crippen molar-refractivity contribution in [1.29, 1.82) is 0 Å². The van der Waals surface area contributed by atoms with Crippen molar-refractivity contribution in [2.24, 2.45) is 5.92 Å². The van der Waals surface area contributed by atoms with E-state index in [0.29, 0.717) is 17.4 Å². The number of carbonyl (C=O) groups is 1. The topological polar surface area (TPSA) is 49.3 Å². The minimum absolute atomic E-state index is 0.184. The van der Waals surface area contributed by atoms with Crippen molar-refractivity contribution in [2.75, 3.05) is 5.32 Å². The summed E-state index contributed by atoms with van der Waals surface area (Å²) >= 11 is 3.65. The Morgan fingerprint density at radius 3 is 2.70 bits per heavy atom. The number of fused-ring (bicyclic) bond motifs is 3. The third-order valence-electron chi connectivity index (χ3n) is 4.86. The molecule has 3 unspecified atom stereocenters. The molecule has 0 saturated carbocycles. The van der Waals surface area contributed by atoms with Gasteiger partial charge in [-0.3, -0.25) is 0 Å². The fraction of sp³-hybridized carbons (Fsp3) is 0.211. The molecule has 0 spiro atoms. The number of hydrogen-bond acceptors (Lipinski definition) is 2. The van der Waals surface area contributed by atoms with Gasteiger partial charge in [-0.1, -0.05) is 36.4 Å². The van der Waals surface area contributed by atoms with E-state index in [1.165, 1.54) is 5.56 Å². The molecule has 0 fully saturated rings. The Morgan fingerprint density at radius 2 is 1.96 bits per heavy atom. The number of rotatable bonds is 2. The summed E-state index contributed by atoms with van der Waals surface area (Å²) in [6, 6.07) is 13.7. The van der Waals surface area contributed by atoms with Crippen LogP contribution in [-0.4, -0.2) is 11.1 Å². The van der Waals surface area contributed by atoms with E-state index in [9.17, 15) is 4.79 Å². The molecule has 23 heavy (non-hydrogen) atoms. The van der Waals surface area contributed by atoms with E-state index < -0.39 is 5.97 Å². The van der Waals surface area contributed by atoms with Crippen molar-refractivity contribution >= 4 is 27.6 Å². The van der Waals surface area contributed by atoms with Crippen LogP contribution in [0.2, 0.25) is 0 Å². The van der Waals surface area contributed by atoms with Crippen molar-refractivity contribution in [3.63, 3.8) is 0 Å². The second-order valence-corrected chi connectivity index (χ2v) is 6.96. The number of benzene rings is 2. The third-order valence-corrected chi connectivity index (χ3v) is 5.52. The zero-order chi connectivity index (χ0) is 16.0. The van der Waals surface area contributed by atoms with Gasteiger partial charge in [0.1, 0.15) is 0 Å². The van der Waals surface area contributed by atoms with Crippen LogP contribution in [0.5, 0.6) is 0 Å². The van der Waals surface area contributed by atoms with E-state index in [0.717, 1.165) is 22.1 Å². The number of hydrogen-bond donors (Lipinski definition) is 2. The second-order valence-electron chi connectivity index (χ2n) is 6.11. The summed E-state index contributed by atoms with van der Waals surface area (Å²) in [5, 5.41) is 12.7. The lowest BCUT2D eigenvalue weighted by molar-refractivity contribution is 0.0697. The van der Waals surface area contributed by atoms with Crippen LogP contribution < -0.4 is 5.32 Å². The van der Waals surface area contributed by atoms with E-state index in [-0.39, 0.29) is 6.04 Å². The van der Waals surface area contributed by atoms with Crippen LogP contribution >= 0.6 is 15.9 Å². The van der Waals surface area contributed by atoms with Gasteiger partial charge < -0.3 is 10.4 Å². The molecule has 1 aliphatic heterocycles. The molecule has 1 heterocycles. The highest BCUT2D eigenvalue weighted by Crippen LogP contribution is 2.51. The molecule has 3 nitrogen and oxygen atoms in total. The number of nitrogens with one attached hydrogen (secondary N) is 1. The van der Waals surface area contributed by atoms with Gasteiger partial charge in [0, 0.05) is 10.4 Å². The molecule has 3 atom stereocenters. The normalized spacial score (nSPS) is 24.7. The molecule has 0 bridgehead atoms. The van der Waals surface area contributed by atoms with Crippen LogP contribution in [0, 0.1) is 5.92 Å². The summed E-state index contributed by atoms with van der Waals surface area (Å²) in [5.74, 6) is -0.0120. The molecule has 0 aromatic heterocycles. The summed E-state index contributed by atoms with van der Waals surface area (Å²) in [6.45, 7) is 0. The summed E-state index contributed by atoms with van der Waals surface area (Å²) in [6.07, 6.45) is 5.59. The quantitative estimate of drug-likeness (QED) is 0.734. The fourth-order valence-electron chi connectivity index (χ4n) is 3.75. The Balaban J connectivity index is 1.75. The first-order valence-electron chi connectivity index (χ1n) is 7.70. The summed E-state index contributed by atoms with van der Waals surface area (Å²) in [7, 11) is 0. The van der Waals surface area contributed by atoms with Gasteiger partial charge in [-0.25, -0.2) is 4.79 Å². The molecule has 2 aliphatic rings. The van der Waals surface area contributed by atoms with Gasteiger partial charge in [-0.15, -0.1) is 0 Å². The SMILES string of the molecule is O=C(O)c1ccc(C2Nc3c(Br)cccc3C3C=CCC32)cc1. The second kappa shape index (κ2) is 5.53. The Hall–Kier alpha value is -2.07. The Kier molecular flexibility index (Phi) is 3.49. The summed E-state index contributed by atoms with van der Waals surface area (Å²) in [5.41, 5.74) is 3.94. The van der Waals surface area contributed by atoms with Crippen molar-refractivity contribution in [2.45, 2.75) is 18.4 Å². The van der Waals surface area contributed by atoms with Gasteiger partial charge >= 0.3 is 5.97 Å². The first-order chi connectivity index (χ1) is 11.1. The van der Waals surface area contributed by atoms with Crippen LogP contribution in [0.25, 0.3) is 0 Å². The van der Waals surface area contributed by atoms with Crippen LogP contribution in [0.15, 0.2) is 59.1 Å². The molecule has 2 N–H and O–H groups in total. The highest BCUT2D eigenvalue weighted by molar-refractivity contribution is 9.10. The lowest BCUT2D eigenvalue weighted by Gasteiger charge is -2.38. The molecule has 0 amide bonds. The predicted molar refractivity (Wildman–Crippen MR) is 93.9 cm³/mol. The lowest BCUT2D eigenvalue weighted by atomic mass is 9.77. The maximum atomic E-state index is 11.0. The highest BCUT2D eigenvalue weighted by atomic mass is 79.9. The molecule has 4 heteroatoms. The zero-order valence-electron chi connectivity index (χ0n) is 12.4. The average Bonchev–Trinajstić information content (AvgIpc) is 3.04. The predicted octanol–water partition coefficient (Wildman–Crippen LogP) is 4.97. The molecular weight excluding hydrogens is 354 g/mol. The number of carboxylic acid groups (broad SMARTS) is 1. The van der Waals surface area contributed by atoms with Crippen LogP contribution in [0.1, 0.15) is 39.9 Å². The monoisotopic (exact) mass is 369 g/mol. The number of allylic oxidation sites excluding steroid dienone is 2. The van der Waals surface area contributed by atoms with Crippen molar-refractivity contribution in [3.05, 3.63) is 75.8 Å². The highest BCUT2D eigenvalue weighted by Gasteiger charge is 2.38. The van der Waals surface area contributed by atoms with Gasteiger partial charge in [-0.05, 0) is 57.6 Å². The molecular formula is C19H16BrNO2. The Labute approximate surface area is 143 Å². The average molecular weight is 370 g/mol. The van der Waals surface area contributed by atoms with Crippen LogP contribution in [0.3, 0.4) is 0 Å². The van der Waals surface area contributed by atoms with Crippen LogP contribution in [-0.2, 0) is 0 Å². The first kappa shape index (κ1) is 14.5. The molecule has 0 radical (unpaired) electrons. The molecule has 116 valence electrons. The molecule has 1 aliphatic carbocycles. The maximum absolute atomic E-state index is 11.0. The van der Waals surface area contributed by atoms with E-state index in [2.05, 4.69) is 51.6 Å². The minimum atomic E-state index is -0.887. The van der Waals surface area contributed by atoms with Crippen molar-refractivity contribution < 1.29 is 9.90 Å². The zero-order valence-corrected chi connectivity index (χ0v) is 14.0. The Morgan fingerprint density at radius 1 is 1.17 bits per heavy atom. The van der Waals surface area contributed by atoms with E-state index >= 15 is 0 Å². The summed E-state index contributed by atoms with van der Waals surface area (Å²) in [4.78, 5) is 11.0. The van der Waals surface area contributed by atoms with Crippen LogP contribution in [0.4, 0.5) is 5.69 Å². The lowest BCUT2D eigenvalue weighted by Crippen LogP contribution is -2.29. The van der Waals surface area contributed by atoms with Gasteiger partial charge in [0.05, 0.1) is 17.3 Å². The van der Waals surface area contributed by atoms with E-state index in [1.54, 1.807) is 12.1 Å². The standard InChI is InChI=1S/C19H16BrNO2/c20-16-6-2-5-15-13-3-1-4-14(13)17(21-18(15)16)11-7-9-12(10-8-11)19(22)23/h1-3,5-10,13-14,17,21H,4H2,(H,22,23). The number of halogens is 1. The first-order valence-corrected chi connectivity index (χ1v) is 8.49. The summed E-state index contributed by atoms with van der Waals surface area (Å²) < 4.78 is 1.07. The minimum Gasteiger partial charge on any atom is -0.478 e. The van der Waals surface area contributed by atoms with Gasteiger partial charge in [-0.2, -0.15) is 0 Å². The fourth-order valence-corrected chi connectivity index (χ4v) is 4.24. The van der Waals surface area contributed by atoms with Crippen molar-refractivity contribution in [3.8, 4) is 0 Å². The molecule has 2 aromatic rings. The largest absolute Gasteiger partial charge is 0.478 e. The molecule has 4 rings (SSSR count).